The first-order valence-electron chi connectivity index (χ1n) is 4.69. The minimum Gasteiger partial charge on any atom is -0.504 e. The first kappa shape index (κ1) is 14.6. The molecule has 0 saturated carbocycles. The summed E-state index contributed by atoms with van der Waals surface area (Å²) in [5.74, 6) is -0.938. The van der Waals surface area contributed by atoms with Gasteiger partial charge < -0.3 is 15.5 Å². The summed E-state index contributed by atoms with van der Waals surface area (Å²) in [6, 6.07) is 4.01. The number of benzene rings is 1. The van der Waals surface area contributed by atoms with Gasteiger partial charge in [-0.25, -0.2) is 0 Å². The largest absolute Gasteiger partial charge is 0.504 e. The van der Waals surface area contributed by atoms with E-state index in [1.54, 1.807) is 6.92 Å². The smallest absolute Gasteiger partial charge is 0.286 e. The SMILES string of the molecule is Cc1nnc(C(=O)Nc2ccc(O)c(O)c2)s1.[Re]. The molecule has 0 bridgehead atoms. The first-order chi connectivity index (χ1) is 8.06. The van der Waals surface area contributed by atoms with Crippen LogP contribution in [0.5, 0.6) is 11.5 Å². The van der Waals surface area contributed by atoms with Crippen molar-refractivity contribution in [3.63, 3.8) is 0 Å². The molecule has 0 saturated heterocycles. The Labute approximate surface area is 120 Å². The first-order valence-corrected chi connectivity index (χ1v) is 5.51. The van der Waals surface area contributed by atoms with Crippen LogP contribution in [-0.4, -0.2) is 26.3 Å². The molecule has 0 fully saturated rings. The zero-order valence-electron chi connectivity index (χ0n) is 9.22. The van der Waals surface area contributed by atoms with Gasteiger partial charge in [0.25, 0.3) is 5.91 Å². The molecule has 8 heteroatoms. The van der Waals surface area contributed by atoms with Gasteiger partial charge in [-0.2, -0.15) is 0 Å². The summed E-state index contributed by atoms with van der Waals surface area (Å²) in [4.78, 5) is 11.7. The average Bonchev–Trinajstić information content (AvgIpc) is 2.70. The third-order valence-corrected chi connectivity index (χ3v) is 2.79. The maximum Gasteiger partial charge on any atom is 0.286 e. The summed E-state index contributed by atoms with van der Waals surface area (Å²) < 4.78 is 0. The average molecular weight is 437 g/mol. The van der Waals surface area contributed by atoms with Crippen LogP contribution in [0.1, 0.15) is 14.8 Å². The molecule has 2 aromatic rings. The number of aromatic nitrogens is 2. The van der Waals surface area contributed by atoms with Gasteiger partial charge in [0, 0.05) is 32.2 Å². The van der Waals surface area contributed by atoms with E-state index in [2.05, 4.69) is 15.5 Å². The van der Waals surface area contributed by atoms with Gasteiger partial charge in [-0.1, -0.05) is 11.3 Å². The van der Waals surface area contributed by atoms with Gasteiger partial charge in [-0.15, -0.1) is 10.2 Å². The predicted octanol–water partition coefficient (Wildman–Crippen LogP) is 1.51. The molecule has 0 aliphatic carbocycles. The van der Waals surface area contributed by atoms with E-state index in [-0.39, 0.29) is 36.9 Å². The Morgan fingerprint density at radius 3 is 2.56 bits per heavy atom. The normalized spacial score (nSPS) is 9.61. The van der Waals surface area contributed by atoms with E-state index in [4.69, 9.17) is 5.11 Å². The Morgan fingerprint density at radius 1 is 1.28 bits per heavy atom. The fraction of sp³-hybridized carbons (Fsp3) is 0.100. The summed E-state index contributed by atoms with van der Waals surface area (Å²) in [6.07, 6.45) is 0. The Morgan fingerprint density at radius 2 is 2.00 bits per heavy atom. The Kier molecular flexibility index (Phi) is 4.78. The van der Waals surface area contributed by atoms with Gasteiger partial charge in [0.05, 0.1) is 0 Å². The number of aromatic hydroxyl groups is 2. The Hall–Kier alpha value is -1.49. The molecule has 1 radical (unpaired) electrons. The van der Waals surface area contributed by atoms with Crippen molar-refractivity contribution in [2.75, 3.05) is 5.32 Å². The summed E-state index contributed by atoms with van der Waals surface area (Å²) in [5, 5.41) is 29.3. The van der Waals surface area contributed by atoms with Crippen LogP contribution in [0.4, 0.5) is 5.69 Å². The van der Waals surface area contributed by atoms with E-state index in [0.29, 0.717) is 10.7 Å². The third-order valence-electron chi connectivity index (χ3n) is 1.95. The number of amides is 1. The predicted molar refractivity (Wildman–Crippen MR) is 62.4 cm³/mol. The minimum absolute atomic E-state index is 0. The number of phenolic OH excluding ortho intramolecular Hbond substituents is 2. The number of nitrogens with zero attached hydrogens (tertiary/aromatic N) is 2. The molecule has 1 aromatic heterocycles. The van der Waals surface area contributed by atoms with E-state index in [1.165, 1.54) is 29.5 Å². The van der Waals surface area contributed by atoms with Crippen molar-refractivity contribution >= 4 is 22.9 Å². The number of aryl methyl sites for hydroxylation is 1. The molecular formula is C10H9N3O3ReS. The molecule has 0 unspecified atom stereocenters. The molecule has 1 aromatic carbocycles. The summed E-state index contributed by atoms with van der Waals surface area (Å²) in [5.41, 5.74) is 0.373. The second-order valence-electron chi connectivity index (χ2n) is 3.28. The number of anilines is 1. The molecule has 1 heterocycles. The van der Waals surface area contributed by atoms with Crippen LogP contribution >= 0.6 is 11.3 Å². The van der Waals surface area contributed by atoms with Crippen LogP contribution in [0.25, 0.3) is 0 Å². The van der Waals surface area contributed by atoms with Gasteiger partial charge in [-0.3, -0.25) is 4.79 Å². The van der Waals surface area contributed by atoms with Gasteiger partial charge in [-0.05, 0) is 19.1 Å². The molecule has 3 N–H and O–H groups in total. The topological polar surface area (TPSA) is 95.3 Å². The quantitative estimate of drug-likeness (QED) is 0.489. The molecule has 0 aliphatic heterocycles. The Balaban J connectivity index is 0.00000162. The number of hydrogen-bond donors (Lipinski definition) is 3. The molecule has 0 atom stereocenters. The number of carbonyl (C=O) groups excluding carboxylic acids is 1. The number of nitrogens with one attached hydrogen (secondary N) is 1. The second kappa shape index (κ2) is 5.91. The Bertz CT molecular complexity index is 573. The molecule has 0 aliphatic rings. The molecule has 6 nitrogen and oxygen atoms in total. The summed E-state index contributed by atoms with van der Waals surface area (Å²) >= 11 is 1.18. The van der Waals surface area contributed by atoms with Crippen LogP contribution in [0.3, 0.4) is 0 Å². The van der Waals surface area contributed by atoms with Gasteiger partial charge >= 0.3 is 0 Å². The van der Waals surface area contributed by atoms with E-state index in [1.807, 2.05) is 0 Å². The van der Waals surface area contributed by atoms with Crippen LogP contribution < -0.4 is 5.32 Å². The fourth-order valence-electron chi connectivity index (χ4n) is 1.17. The number of hydrogen-bond acceptors (Lipinski definition) is 6. The van der Waals surface area contributed by atoms with Crippen molar-refractivity contribution in [3.8, 4) is 11.5 Å². The van der Waals surface area contributed by atoms with Crippen molar-refractivity contribution in [2.45, 2.75) is 6.92 Å². The zero-order valence-corrected chi connectivity index (χ0v) is 12.7. The fourth-order valence-corrected chi connectivity index (χ4v) is 1.76. The van der Waals surface area contributed by atoms with Crippen molar-refractivity contribution in [1.29, 1.82) is 0 Å². The summed E-state index contributed by atoms with van der Waals surface area (Å²) in [7, 11) is 0. The van der Waals surface area contributed by atoms with Crippen LogP contribution in [0.15, 0.2) is 18.2 Å². The van der Waals surface area contributed by atoms with Crippen LogP contribution in [-0.2, 0) is 20.4 Å². The minimum atomic E-state index is -0.402. The maximum absolute atomic E-state index is 11.7. The van der Waals surface area contributed by atoms with E-state index >= 15 is 0 Å². The van der Waals surface area contributed by atoms with E-state index in [9.17, 15) is 9.90 Å². The molecule has 2 rings (SSSR count). The maximum atomic E-state index is 11.7. The molecular weight excluding hydrogens is 428 g/mol. The summed E-state index contributed by atoms with van der Waals surface area (Å²) in [6.45, 7) is 1.75. The van der Waals surface area contributed by atoms with Crippen LogP contribution in [0, 0.1) is 6.92 Å². The van der Waals surface area contributed by atoms with Crippen molar-refractivity contribution in [1.82, 2.24) is 10.2 Å². The van der Waals surface area contributed by atoms with E-state index in [0.717, 1.165) is 0 Å². The van der Waals surface area contributed by atoms with Crippen LogP contribution in [0.2, 0.25) is 0 Å². The molecule has 18 heavy (non-hydrogen) atoms. The number of carbonyl (C=O) groups is 1. The van der Waals surface area contributed by atoms with E-state index < -0.39 is 5.91 Å². The van der Waals surface area contributed by atoms with Gasteiger partial charge in [0.15, 0.2) is 11.5 Å². The molecule has 1 amide bonds. The van der Waals surface area contributed by atoms with Crippen molar-refractivity contribution < 1.29 is 35.4 Å². The van der Waals surface area contributed by atoms with Crippen molar-refractivity contribution in [2.24, 2.45) is 0 Å². The third kappa shape index (κ3) is 3.26. The zero-order chi connectivity index (χ0) is 12.4. The molecule has 95 valence electrons. The monoisotopic (exact) mass is 438 g/mol. The second-order valence-corrected chi connectivity index (χ2v) is 4.47. The number of rotatable bonds is 2. The number of phenols is 2. The van der Waals surface area contributed by atoms with Gasteiger partial charge in [0.1, 0.15) is 5.01 Å². The van der Waals surface area contributed by atoms with Gasteiger partial charge in [0.2, 0.25) is 5.01 Å². The molecule has 0 spiro atoms. The standard InChI is InChI=1S/C10H9N3O3S.Re/c1-5-12-13-10(17-5)9(16)11-6-2-3-7(14)8(15)4-6;/h2-4,14-15H,1H3,(H,11,16);. The van der Waals surface area contributed by atoms with Crippen molar-refractivity contribution in [3.05, 3.63) is 28.2 Å².